The van der Waals surface area contributed by atoms with Crippen molar-refractivity contribution >= 4 is 5.91 Å². The summed E-state index contributed by atoms with van der Waals surface area (Å²) in [4.78, 5) is 21.0. The highest BCUT2D eigenvalue weighted by Crippen LogP contribution is 2.24. The van der Waals surface area contributed by atoms with E-state index in [0.29, 0.717) is 12.6 Å². The molecule has 1 atom stereocenters. The highest BCUT2D eigenvalue weighted by Gasteiger charge is 2.31. The van der Waals surface area contributed by atoms with Crippen molar-refractivity contribution in [3.05, 3.63) is 30.1 Å². The van der Waals surface area contributed by atoms with Crippen molar-refractivity contribution in [1.29, 1.82) is 0 Å². The van der Waals surface area contributed by atoms with Gasteiger partial charge in [0.2, 0.25) is 5.91 Å². The van der Waals surface area contributed by atoms with Crippen LogP contribution in [-0.2, 0) is 11.3 Å². The maximum Gasteiger partial charge on any atom is 0.251 e. The van der Waals surface area contributed by atoms with Gasteiger partial charge in [0.15, 0.2) is 0 Å². The molecule has 0 aliphatic carbocycles. The Morgan fingerprint density at radius 2 is 2.04 bits per heavy atom. The minimum absolute atomic E-state index is 0.00607. The first-order valence-electron chi connectivity index (χ1n) is 9.54. The van der Waals surface area contributed by atoms with Crippen LogP contribution in [0.25, 0.3) is 0 Å². The molecule has 26 heavy (non-hydrogen) atoms. The van der Waals surface area contributed by atoms with Gasteiger partial charge in [0, 0.05) is 18.8 Å². The third-order valence-corrected chi connectivity index (χ3v) is 5.46. The minimum atomic E-state index is -2.26. The lowest BCUT2D eigenvalue weighted by Gasteiger charge is -2.42. The Balaban J connectivity index is 1.44. The van der Waals surface area contributed by atoms with E-state index in [1.165, 1.54) is 0 Å². The molecule has 2 fully saturated rings. The highest BCUT2D eigenvalue weighted by molar-refractivity contribution is 5.78. The lowest BCUT2D eigenvalue weighted by molar-refractivity contribution is -0.127. The summed E-state index contributed by atoms with van der Waals surface area (Å²) in [5.74, 6) is 0.0991. The number of hydrogen-bond acceptors (Lipinski definition) is 4. The Labute approximate surface area is 153 Å². The van der Waals surface area contributed by atoms with Crippen molar-refractivity contribution in [3.8, 4) is 0 Å². The number of carbonyl (C=O) groups is 1. The second-order valence-corrected chi connectivity index (χ2v) is 7.30. The Morgan fingerprint density at radius 1 is 1.23 bits per heavy atom. The molecule has 7 heteroatoms. The number of halogens is 2. The summed E-state index contributed by atoms with van der Waals surface area (Å²) in [5.41, 5.74) is 0.861. The van der Waals surface area contributed by atoms with E-state index < -0.39 is 6.43 Å². The molecule has 0 radical (unpaired) electrons. The topological polar surface area (TPSA) is 48.5 Å². The van der Waals surface area contributed by atoms with E-state index in [1.807, 2.05) is 23.1 Å². The number of nitrogens with zero attached hydrogens (tertiary/aromatic N) is 3. The van der Waals surface area contributed by atoms with Crippen molar-refractivity contribution in [1.82, 2.24) is 20.1 Å². The number of likely N-dealkylation sites (tertiary alicyclic amines) is 2. The average Bonchev–Trinajstić information content (AvgIpc) is 2.67. The van der Waals surface area contributed by atoms with Crippen LogP contribution in [0.5, 0.6) is 0 Å². The average molecular weight is 366 g/mol. The number of carbonyl (C=O) groups excluding carboxylic acids is 1. The maximum absolute atomic E-state index is 12.5. The Kier molecular flexibility index (Phi) is 6.91. The fraction of sp³-hybridized carbons (Fsp3) is 0.684. The monoisotopic (exact) mass is 366 g/mol. The normalized spacial score (nSPS) is 23.3. The zero-order valence-corrected chi connectivity index (χ0v) is 15.1. The van der Waals surface area contributed by atoms with Crippen LogP contribution >= 0.6 is 0 Å². The van der Waals surface area contributed by atoms with E-state index in [4.69, 9.17) is 0 Å². The van der Waals surface area contributed by atoms with Gasteiger partial charge in [0.05, 0.1) is 24.7 Å². The molecule has 5 nitrogen and oxygen atoms in total. The summed E-state index contributed by atoms with van der Waals surface area (Å²) in [6.07, 6.45) is 3.22. The smallest absolute Gasteiger partial charge is 0.251 e. The van der Waals surface area contributed by atoms with E-state index in [9.17, 15) is 13.6 Å². The van der Waals surface area contributed by atoms with Gasteiger partial charge in [-0.05, 0) is 57.5 Å². The first-order valence-corrected chi connectivity index (χ1v) is 9.54. The van der Waals surface area contributed by atoms with E-state index >= 15 is 0 Å². The molecular weight excluding hydrogens is 338 g/mol. The van der Waals surface area contributed by atoms with Gasteiger partial charge in [0.1, 0.15) is 0 Å². The van der Waals surface area contributed by atoms with Crippen molar-refractivity contribution in [2.24, 2.45) is 5.92 Å². The Morgan fingerprint density at radius 3 is 2.73 bits per heavy atom. The predicted molar refractivity (Wildman–Crippen MR) is 95.8 cm³/mol. The van der Waals surface area contributed by atoms with Crippen LogP contribution in [0, 0.1) is 5.92 Å². The summed E-state index contributed by atoms with van der Waals surface area (Å²) in [6, 6.07) is 6.09. The van der Waals surface area contributed by atoms with E-state index in [0.717, 1.165) is 57.6 Å². The number of aromatic nitrogens is 1. The standard InChI is InChI=1S/C19H28F2N4O/c20-18(21)14-24-10-6-17(7-11-24)25-9-3-4-15(13-25)19(26)23-12-16-5-1-2-8-22-16/h1-2,5,8,15,17-18H,3-4,6-7,9-14H2,(H,23,26). The summed E-state index contributed by atoms with van der Waals surface area (Å²) in [5, 5.41) is 3.00. The molecule has 144 valence electrons. The van der Waals surface area contributed by atoms with E-state index in [-0.39, 0.29) is 18.4 Å². The highest BCUT2D eigenvalue weighted by atomic mass is 19.3. The molecule has 3 rings (SSSR count). The number of amides is 1. The van der Waals surface area contributed by atoms with E-state index in [2.05, 4.69) is 15.2 Å². The van der Waals surface area contributed by atoms with Gasteiger partial charge in [-0.1, -0.05) is 6.07 Å². The third kappa shape index (κ3) is 5.45. The number of piperidine rings is 2. The molecule has 2 aliphatic heterocycles. The molecule has 0 spiro atoms. The fourth-order valence-electron chi connectivity index (χ4n) is 4.04. The number of pyridine rings is 1. The van der Waals surface area contributed by atoms with Crippen molar-refractivity contribution in [2.75, 3.05) is 32.7 Å². The number of rotatable bonds is 6. The van der Waals surface area contributed by atoms with Crippen LogP contribution in [0.2, 0.25) is 0 Å². The van der Waals surface area contributed by atoms with Gasteiger partial charge in [-0.3, -0.25) is 19.6 Å². The first kappa shape index (κ1) is 19.2. The quantitative estimate of drug-likeness (QED) is 0.838. The van der Waals surface area contributed by atoms with Crippen molar-refractivity contribution in [2.45, 2.75) is 44.7 Å². The van der Waals surface area contributed by atoms with Crippen molar-refractivity contribution in [3.63, 3.8) is 0 Å². The zero-order valence-electron chi connectivity index (χ0n) is 15.1. The first-order chi connectivity index (χ1) is 12.6. The van der Waals surface area contributed by atoms with Crippen LogP contribution < -0.4 is 5.32 Å². The molecule has 1 aromatic heterocycles. The van der Waals surface area contributed by atoms with Crippen LogP contribution in [-0.4, -0.2) is 65.9 Å². The van der Waals surface area contributed by atoms with Gasteiger partial charge < -0.3 is 5.32 Å². The molecule has 2 aliphatic rings. The molecule has 0 aromatic carbocycles. The summed E-state index contributed by atoms with van der Waals surface area (Å²) < 4.78 is 25.0. The summed E-state index contributed by atoms with van der Waals surface area (Å²) >= 11 is 0. The second kappa shape index (κ2) is 9.37. The summed E-state index contributed by atoms with van der Waals surface area (Å²) in [6.45, 7) is 3.56. The molecule has 1 unspecified atom stereocenters. The molecule has 1 N–H and O–H groups in total. The Hall–Kier alpha value is -1.60. The van der Waals surface area contributed by atoms with Crippen LogP contribution in [0.4, 0.5) is 8.78 Å². The molecule has 2 saturated heterocycles. The lowest BCUT2D eigenvalue weighted by Crippen LogP contribution is -2.51. The van der Waals surface area contributed by atoms with E-state index in [1.54, 1.807) is 6.20 Å². The third-order valence-electron chi connectivity index (χ3n) is 5.46. The Bertz CT molecular complexity index is 564. The SMILES string of the molecule is O=C(NCc1ccccn1)C1CCCN(C2CCN(CC(F)F)CC2)C1. The van der Waals surface area contributed by atoms with Gasteiger partial charge >= 0.3 is 0 Å². The largest absolute Gasteiger partial charge is 0.350 e. The lowest BCUT2D eigenvalue weighted by atomic mass is 9.93. The predicted octanol–water partition coefficient (Wildman–Crippen LogP) is 2.14. The second-order valence-electron chi connectivity index (χ2n) is 7.30. The van der Waals surface area contributed by atoms with Crippen LogP contribution in [0.15, 0.2) is 24.4 Å². The molecule has 0 saturated carbocycles. The van der Waals surface area contributed by atoms with Gasteiger partial charge in [-0.2, -0.15) is 0 Å². The molecule has 1 aromatic rings. The summed E-state index contributed by atoms with van der Waals surface area (Å²) in [7, 11) is 0. The van der Waals surface area contributed by atoms with Crippen LogP contribution in [0.3, 0.4) is 0 Å². The van der Waals surface area contributed by atoms with Crippen LogP contribution in [0.1, 0.15) is 31.4 Å². The van der Waals surface area contributed by atoms with Gasteiger partial charge in [-0.15, -0.1) is 0 Å². The van der Waals surface area contributed by atoms with Gasteiger partial charge in [-0.25, -0.2) is 8.78 Å². The molecular formula is C19H28F2N4O. The molecule has 3 heterocycles. The minimum Gasteiger partial charge on any atom is -0.350 e. The number of nitrogens with one attached hydrogen (secondary N) is 1. The van der Waals surface area contributed by atoms with Gasteiger partial charge in [0.25, 0.3) is 6.43 Å². The van der Waals surface area contributed by atoms with Crippen molar-refractivity contribution < 1.29 is 13.6 Å². The maximum atomic E-state index is 12.5. The molecule has 0 bridgehead atoms. The molecule has 1 amide bonds. The fourth-order valence-corrected chi connectivity index (χ4v) is 4.04. The number of alkyl halides is 2. The zero-order chi connectivity index (χ0) is 18.4. The number of hydrogen-bond donors (Lipinski definition) is 1.